The minimum absolute atomic E-state index is 0.795. The maximum atomic E-state index is 2.23. The van der Waals surface area contributed by atoms with Crippen LogP contribution in [0.25, 0.3) is 0 Å². The van der Waals surface area contributed by atoms with Crippen LogP contribution in [0.4, 0.5) is 0 Å². The van der Waals surface area contributed by atoms with Gasteiger partial charge in [-0.3, -0.25) is 0 Å². The van der Waals surface area contributed by atoms with Crippen molar-refractivity contribution in [2.24, 2.45) is 0 Å². The summed E-state index contributed by atoms with van der Waals surface area (Å²) in [5.74, 6) is 0. The quantitative estimate of drug-likeness (QED) is 0.578. The number of hydrogen-bond acceptors (Lipinski definition) is 1. The summed E-state index contributed by atoms with van der Waals surface area (Å²) in [5, 5.41) is 1.33. The molecule has 0 N–H and O–H groups in total. The second kappa shape index (κ2) is 2.37. The molecule has 1 heterocycles. The monoisotopic (exact) mass is 202 g/mol. The van der Waals surface area contributed by atoms with Gasteiger partial charge in [0.05, 0.1) is 0 Å². The Labute approximate surface area is 64.3 Å². The van der Waals surface area contributed by atoms with Gasteiger partial charge in [-0.15, -0.1) is 0 Å². The first-order valence-electron chi connectivity index (χ1n) is 2.84. The third kappa shape index (κ3) is 1.03. The molecule has 0 aliphatic carbocycles. The van der Waals surface area contributed by atoms with E-state index in [2.05, 4.69) is 24.3 Å². The molecule has 0 saturated carbocycles. The van der Waals surface area contributed by atoms with Gasteiger partial charge in [0.2, 0.25) is 0 Å². The zero-order valence-electron chi connectivity index (χ0n) is 4.83. The van der Waals surface area contributed by atoms with Crippen molar-refractivity contribution in [3.63, 3.8) is 0 Å². The molecular weight excluding hydrogens is 195 g/mol. The number of rotatable bonds is 0. The van der Waals surface area contributed by atoms with Gasteiger partial charge < -0.3 is 0 Å². The van der Waals surface area contributed by atoms with Gasteiger partial charge >= 0.3 is 64.1 Å². The molecule has 2 rings (SSSR count). The van der Waals surface area contributed by atoms with E-state index in [1.54, 1.807) is 5.56 Å². The minimum atomic E-state index is 0.795. The van der Waals surface area contributed by atoms with Gasteiger partial charge in [-0.05, 0) is 0 Å². The van der Waals surface area contributed by atoms with E-state index < -0.39 is 0 Å². The topological polar surface area (TPSA) is 0 Å². The number of hydrogen-bond donors (Lipinski definition) is 0. The molecule has 0 saturated heterocycles. The molecule has 0 nitrogen and oxygen atoms in total. The van der Waals surface area contributed by atoms with Crippen LogP contribution in [0.2, 0.25) is 0 Å². The Kier molecular flexibility index (Phi) is 1.54. The molecule has 0 atom stereocenters. The molecule has 0 bridgehead atoms. The van der Waals surface area contributed by atoms with Crippen LogP contribution in [-0.4, -0.2) is 13.8 Å². The second-order valence-electron chi connectivity index (χ2n) is 1.95. The summed E-state index contributed by atoms with van der Waals surface area (Å²) in [6, 6.07) is 8.69. The van der Waals surface area contributed by atoms with Crippen molar-refractivity contribution in [2.75, 3.05) is 0 Å². The summed E-state index contributed by atoms with van der Waals surface area (Å²) >= 11 is 0.795. The predicted octanol–water partition coefficient (Wildman–Crippen LogP) is 1.91. The molecule has 1 aromatic rings. The van der Waals surface area contributed by atoms with E-state index in [0.717, 1.165) is 13.8 Å². The Morgan fingerprint density at radius 3 is 3.11 bits per heavy atom. The van der Waals surface area contributed by atoms with Crippen LogP contribution in [0, 0.1) is 0 Å². The van der Waals surface area contributed by atoms with Gasteiger partial charge in [0.25, 0.3) is 0 Å². The molecule has 0 fully saturated rings. The van der Waals surface area contributed by atoms with Crippen LogP contribution in [0.15, 0.2) is 29.2 Å². The number of fused-ring (bicyclic) bond motifs is 1. The molecular formula is C7H6SSe. The summed E-state index contributed by atoms with van der Waals surface area (Å²) in [7, 11) is 2.03. The van der Waals surface area contributed by atoms with E-state index in [4.69, 9.17) is 0 Å². The van der Waals surface area contributed by atoms with E-state index in [1.165, 1.54) is 10.2 Å². The van der Waals surface area contributed by atoms with E-state index in [-0.39, 0.29) is 0 Å². The van der Waals surface area contributed by atoms with Gasteiger partial charge in [-0.25, -0.2) is 0 Å². The standard InChI is InChI=1S/C7H6SSe/c1-2-4-7-6(3-1)5-9-8-7/h1-4H,5H2. The molecule has 0 spiro atoms. The van der Waals surface area contributed by atoms with Gasteiger partial charge in [-0.2, -0.15) is 0 Å². The molecule has 0 amide bonds. The van der Waals surface area contributed by atoms with Crippen molar-refractivity contribution in [3.8, 4) is 0 Å². The molecule has 0 unspecified atom stereocenters. The zero-order valence-corrected chi connectivity index (χ0v) is 7.36. The predicted molar refractivity (Wildman–Crippen MR) is 41.8 cm³/mol. The van der Waals surface area contributed by atoms with Crippen molar-refractivity contribution >= 4 is 24.0 Å². The fourth-order valence-electron chi connectivity index (χ4n) is 0.861. The molecule has 1 aliphatic rings. The van der Waals surface area contributed by atoms with E-state index in [1.807, 2.05) is 10.2 Å². The van der Waals surface area contributed by atoms with Crippen LogP contribution in [-0.2, 0) is 5.32 Å². The summed E-state index contributed by atoms with van der Waals surface area (Å²) in [4.78, 5) is 1.51. The van der Waals surface area contributed by atoms with Crippen molar-refractivity contribution in [1.82, 2.24) is 0 Å². The molecule has 2 heteroatoms. The summed E-state index contributed by atoms with van der Waals surface area (Å²) < 4.78 is 0. The first kappa shape index (κ1) is 5.84. The average Bonchev–Trinajstić information content (AvgIpc) is 2.33. The van der Waals surface area contributed by atoms with Crippen LogP contribution in [0.5, 0.6) is 0 Å². The second-order valence-corrected chi connectivity index (χ2v) is 5.93. The average molecular weight is 201 g/mol. The van der Waals surface area contributed by atoms with Crippen molar-refractivity contribution in [1.29, 1.82) is 0 Å². The Balaban J connectivity index is 2.54. The van der Waals surface area contributed by atoms with Gasteiger partial charge in [0, 0.05) is 0 Å². The van der Waals surface area contributed by atoms with E-state index in [0.29, 0.717) is 0 Å². The maximum absolute atomic E-state index is 2.23. The van der Waals surface area contributed by atoms with Crippen LogP contribution in [0.3, 0.4) is 0 Å². The summed E-state index contributed by atoms with van der Waals surface area (Å²) in [6.07, 6.45) is 0. The van der Waals surface area contributed by atoms with E-state index in [9.17, 15) is 0 Å². The molecule has 9 heavy (non-hydrogen) atoms. The van der Waals surface area contributed by atoms with Gasteiger partial charge in [-0.1, -0.05) is 0 Å². The van der Waals surface area contributed by atoms with Crippen LogP contribution < -0.4 is 0 Å². The van der Waals surface area contributed by atoms with Crippen molar-refractivity contribution < 1.29 is 0 Å². The third-order valence-electron chi connectivity index (χ3n) is 1.34. The van der Waals surface area contributed by atoms with Gasteiger partial charge in [0.1, 0.15) is 0 Å². The van der Waals surface area contributed by atoms with Gasteiger partial charge in [0.15, 0.2) is 0 Å². The molecule has 1 aliphatic heterocycles. The zero-order chi connectivity index (χ0) is 6.10. The number of benzene rings is 1. The normalized spacial score (nSPS) is 15.6. The summed E-state index contributed by atoms with van der Waals surface area (Å²) in [6.45, 7) is 0. The molecule has 0 radical (unpaired) electrons. The Hall–Kier alpha value is 0.0895. The van der Waals surface area contributed by atoms with Crippen LogP contribution >= 0.6 is 10.2 Å². The first-order chi connectivity index (χ1) is 4.47. The summed E-state index contributed by atoms with van der Waals surface area (Å²) in [5.41, 5.74) is 1.56. The molecule has 46 valence electrons. The Morgan fingerprint density at radius 1 is 1.33 bits per heavy atom. The van der Waals surface area contributed by atoms with Crippen molar-refractivity contribution in [3.05, 3.63) is 29.8 Å². The fourth-order valence-corrected chi connectivity index (χ4v) is 5.28. The van der Waals surface area contributed by atoms with Crippen molar-refractivity contribution in [2.45, 2.75) is 10.2 Å². The fraction of sp³-hybridized carbons (Fsp3) is 0.143. The molecule has 1 aromatic carbocycles. The Bertz CT molecular complexity index is 199. The van der Waals surface area contributed by atoms with E-state index >= 15 is 0 Å². The molecule has 0 aromatic heterocycles. The van der Waals surface area contributed by atoms with Crippen LogP contribution in [0.1, 0.15) is 5.56 Å². The SMILES string of the molecule is c1ccc2c(c1)C[Se]S2. The first-order valence-corrected chi connectivity index (χ1v) is 6.89. The Morgan fingerprint density at radius 2 is 2.22 bits per heavy atom. The third-order valence-corrected chi connectivity index (χ3v) is 5.42.